The molecule has 9 nitrogen and oxygen atoms in total. The number of pyridine rings is 1. The lowest BCUT2D eigenvalue weighted by molar-refractivity contribution is 0.103. The average molecular weight is 514 g/mol. The summed E-state index contributed by atoms with van der Waals surface area (Å²) in [4.78, 5) is 28.5. The number of anilines is 1. The van der Waals surface area contributed by atoms with Crippen molar-refractivity contribution in [2.75, 3.05) is 11.8 Å². The van der Waals surface area contributed by atoms with Gasteiger partial charge < -0.3 is 9.72 Å². The summed E-state index contributed by atoms with van der Waals surface area (Å²) >= 11 is 0. The molecule has 36 heavy (non-hydrogen) atoms. The standard InChI is InChI=1S/C24H21F2N5O4S/c1-35-24-29-10-14(11-30-24)13-8-16-17(12-28-23(16)27-9-13)22(32)20-18(25)6-7-19(21(20)26)31-36(33,34)15-4-2-3-5-15/h6-12,15,31H,2-5H2,1H3,(H,27,28). The molecule has 12 heteroatoms. The van der Waals surface area contributed by atoms with Crippen molar-refractivity contribution in [2.24, 2.45) is 0 Å². The molecule has 4 aromatic rings. The van der Waals surface area contributed by atoms with Crippen LogP contribution in [0.3, 0.4) is 0 Å². The molecule has 1 fully saturated rings. The highest BCUT2D eigenvalue weighted by atomic mass is 32.2. The third kappa shape index (κ3) is 4.28. The van der Waals surface area contributed by atoms with Gasteiger partial charge in [-0.25, -0.2) is 32.2 Å². The molecule has 0 spiro atoms. The van der Waals surface area contributed by atoms with Crippen LogP contribution in [-0.4, -0.2) is 46.5 Å². The largest absolute Gasteiger partial charge is 0.467 e. The highest BCUT2D eigenvalue weighted by Gasteiger charge is 2.31. The molecule has 3 heterocycles. The Balaban J connectivity index is 1.52. The number of aromatic amines is 1. The predicted molar refractivity (Wildman–Crippen MR) is 128 cm³/mol. The fourth-order valence-corrected chi connectivity index (χ4v) is 5.91. The van der Waals surface area contributed by atoms with Crippen molar-refractivity contribution in [3.05, 3.63) is 65.7 Å². The summed E-state index contributed by atoms with van der Waals surface area (Å²) in [5.41, 5.74) is 0.127. The molecule has 3 aromatic heterocycles. The fraction of sp³-hybridized carbons (Fsp3) is 0.250. The van der Waals surface area contributed by atoms with Gasteiger partial charge >= 0.3 is 6.01 Å². The average Bonchev–Trinajstić information content (AvgIpc) is 3.56. The zero-order valence-electron chi connectivity index (χ0n) is 19.1. The summed E-state index contributed by atoms with van der Waals surface area (Å²) in [7, 11) is -2.44. The monoisotopic (exact) mass is 513 g/mol. The number of sulfonamides is 1. The first kappa shape index (κ1) is 23.8. The van der Waals surface area contributed by atoms with Gasteiger partial charge in [0.05, 0.1) is 23.6 Å². The van der Waals surface area contributed by atoms with Crippen LogP contribution >= 0.6 is 0 Å². The number of aromatic nitrogens is 4. The highest BCUT2D eigenvalue weighted by Crippen LogP contribution is 2.31. The van der Waals surface area contributed by atoms with E-state index in [4.69, 9.17) is 4.74 Å². The number of carbonyl (C=O) groups excluding carboxylic acids is 1. The van der Waals surface area contributed by atoms with Gasteiger partial charge in [0.25, 0.3) is 0 Å². The molecule has 1 aliphatic carbocycles. The number of fused-ring (bicyclic) bond motifs is 1. The molecule has 0 unspecified atom stereocenters. The van der Waals surface area contributed by atoms with Crippen molar-refractivity contribution in [1.82, 2.24) is 19.9 Å². The summed E-state index contributed by atoms with van der Waals surface area (Å²) in [6, 6.07) is 3.65. The second kappa shape index (κ2) is 9.26. The zero-order valence-corrected chi connectivity index (χ0v) is 19.9. The molecule has 1 aliphatic rings. The van der Waals surface area contributed by atoms with Gasteiger partial charge in [0.15, 0.2) is 5.82 Å². The van der Waals surface area contributed by atoms with E-state index in [2.05, 4.69) is 24.7 Å². The van der Waals surface area contributed by atoms with Crippen LogP contribution in [-0.2, 0) is 10.0 Å². The second-order valence-electron chi connectivity index (χ2n) is 8.45. The quantitative estimate of drug-likeness (QED) is 0.354. The van der Waals surface area contributed by atoms with Crippen molar-refractivity contribution in [1.29, 1.82) is 0 Å². The van der Waals surface area contributed by atoms with E-state index in [0.29, 0.717) is 35.0 Å². The first-order valence-electron chi connectivity index (χ1n) is 11.2. The van der Waals surface area contributed by atoms with E-state index in [9.17, 15) is 17.6 Å². The third-order valence-electron chi connectivity index (χ3n) is 6.23. The minimum absolute atomic E-state index is 0.0256. The summed E-state index contributed by atoms with van der Waals surface area (Å²) in [6.45, 7) is 0. The van der Waals surface area contributed by atoms with Crippen LogP contribution in [0.2, 0.25) is 0 Å². The van der Waals surface area contributed by atoms with Crippen LogP contribution in [0, 0.1) is 11.6 Å². The molecular weight excluding hydrogens is 492 g/mol. The van der Waals surface area contributed by atoms with Crippen LogP contribution in [0.25, 0.3) is 22.2 Å². The number of carbonyl (C=O) groups is 1. The molecule has 0 saturated heterocycles. The van der Waals surface area contributed by atoms with E-state index in [1.165, 1.54) is 31.9 Å². The van der Waals surface area contributed by atoms with Crippen LogP contribution in [0.15, 0.2) is 43.0 Å². The number of hydrogen-bond donors (Lipinski definition) is 2. The zero-order chi connectivity index (χ0) is 25.4. The van der Waals surface area contributed by atoms with E-state index < -0.39 is 43.9 Å². The summed E-state index contributed by atoms with van der Waals surface area (Å²) in [5, 5.41) is -0.329. The first-order valence-corrected chi connectivity index (χ1v) is 12.7. The molecular formula is C24H21F2N5O4S. The van der Waals surface area contributed by atoms with Crippen molar-refractivity contribution < 1.29 is 26.7 Å². The van der Waals surface area contributed by atoms with E-state index in [1.54, 1.807) is 6.07 Å². The van der Waals surface area contributed by atoms with Gasteiger partial charge in [0.1, 0.15) is 11.5 Å². The smallest absolute Gasteiger partial charge is 0.316 e. The minimum atomic E-state index is -3.88. The topological polar surface area (TPSA) is 127 Å². The van der Waals surface area contributed by atoms with Gasteiger partial charge in [-0.05, 0) is 31.0 Å². The number of nitrogens with zero attached hydrogens (tertiary/aromatic N) is 3. The number of halogens is 2. The maximum Gasteiger partial charge on any atom is 0.316 e. The lowest BCUT2D eigenvalue weighted by atomic mass is 10.0. The fourth-order valence-electron chi connectivity index (χ4n) is 4.33. The van der Waals surface area contributed by atoms with Gasteiger partial charge in [0, 0.05) is 46.9 Å². The molecule has 0 radical (unpaired) electrons. The Morgan fingerprint density at radius 2 is 1.78 bits per heavy atom. The van der Waals surface area contributed by atoms with E-state index in [1.807, 2.05) is 0 Å². The summed E-state index contributed by atoms with van der Waals surface area (Å²) in [6.07, 6.45) is 8.34. The molecule has 0 bridgehead atoms. The lowest BCUT2D eigenvalue weighted by Gasteiger charge is -2.15. The number of nitrogens with one attached hydrogen (secondary N) is 2. The van der Waals surface area contributed by atoms with Crippen molar-refractivity contribution in [2.45, 2.75) is 30.9 Å². The molecule has 1 saturated carbocycles. The number of hydrogen-bond acceptors (Lipinski definition) is 7. The Kier molecular flexibility index (Phi) is 6.12. The number of rotatable bonds is 7. The molecule has 186 valence electrons. The van der Waals surface area contributed by atoms with E-state index in [0.717, 1.165) is 25.0 Å². The van der Waals surface area contributed by atoms with E-state index in [-0.39, 0.29) is 11.6 Å². The molecule has 0 atom stereocenters. The Morgan fingerprint density at radius 1 is 1.08 bits per heavy atom. The third-order valence-corrected chi connectivity index (χ3v) is 8.08. The number of H-pyrrole nitrogens is 1. The Labute approximate surface area is 205 Å². The normalized spacial score (nSPS) is 14.3. The highest BCUT2D eigenvalue weighted by molar-refractivity contribution is 7.93. The Bertz CT molecular complexity index is 1570. The van der Waals surface area contributed by atoms with Crippen LogP contribution < -0.4 is 9.46 Å². The molecule has 0 amide bonds. The summed E-state index contributed by atoms with van der Waals surface area (Å²) in [5.74, 6) is -3.34. The van der Waals surface area contributed by atoms with Crippen molar-refractivity contribution in [3.63, 3.8) is 0 Å². The molecule has 1 aromatic carbocycles. The van der Waals surface area contributed by atoms with Gasteiger partial charge in [-0.2, -0.15) is 0 Å². The van der Waals surface area contributed by atoms with Crippen LogP contribution in [0.5, 0.6) is 6.01 Å². The van der Waals surface area contributed by atoms with Crippen LogP contribution in [0.4, 0.5) is 14.5 Å². The Hall–Kier alpha value is -3.93. The Morgan fingerprint density at radius 3 is 2.47 bits per heavy atom. The minimum Gasteiger partial charge on any atom is -0.467 e. The van der Waals surface area contributed by atoms with Gasteiger partial charge in [-0.3, -0.25) is 9.52 Å². The SMILES string of the molecule is COc1ncc(-c2cnc3[nH]cc(C(=O)c4c(F)ccc(NS(=O)(=O)C5CCCC5)c4F)c3c2)cn1. The molecule has 2 N–H and O–H groups in total. The number of benzene rings is 1. The lowest BCUT2D eigenvalue weighted by Crippen LogP contribution is -2.26. The second-order valence-corrected chi connectivity index (χ2v) is 10.4. The number of ether oxygens (including phenoxy) is 1. The molecule has 5 rings (SSSR count). The van der Waals surface area contributed by atoms with Crippen molar-refractivity contribution >= 4 is 32.5 Å². The van der Waals surface area contributed by atoms with Crippen molar-refractivity contribution in [3.8, 4) is 17.1 Å². The predicted octanol–water partition coefficient (Wildman–Crippen LogP) is 4.22. The number of methoxy groups -OCH3 is 1. The number of ketones is 1. The molecule has 0 aliphatic heterocycles. The first-order chi connectivity index (χ1) is 17.3. The van der Waals surface area contributed by atoms with Crippen LogP contribution in [0.1, 0.15) is 41.6 Å². The maximum atomic E-state index is 15.4. The maximum absolute atomic E-state index is 15.4. The summed E-state index contributed by atoms with van der Waals surface area (Å²) < 4.78 is 62.6. The van der Waals surface area contributed by atoms with Gasteiger partial charge in [-0.1, -0.05) is 12.8 Å². The van der Waals surface area contributed by atoms with Gasteiger partial charge in [-0.15, -0.1) is 0 Å². The van der Waals surface area contributed by atoms with E-state index >= 15 is 4.39 Å². The van der Waals surface area contributed by atoms with Gasteiger partial charge in [0.2, 0.25) is 15.8 Å².